The number of allylic oxidation sites excluding steroid dienone is 1. The van der Waals surface area contributed by atoms with Crippen LogP contribution in [-0.2, 0) is 0 Å². The van der Waals surface area contributed by atoms with Gasteiger partial charge in [-0.1, -0.05) is 44.2 Å². The lowest BCUT2D eigenvalue weighted by molar-refractivity contribution is 0.631. The normalized spacial score (nSPS) is 11.3. The summed E-state index contributed by atoms with van der Waals surface area (Å²) in [4.78, 5) is 12.2. The van der Waals surface area contributed by atoms with Gasteiger partial charge in [0.1, 0.15) is 11.5 Å². The highest BCUT2D eigenvalue weighted by Crippen LogP contribution is 2.35. The van der Waals surface area contributed by atoms with Gasteiger partial charge in [0, 0.05) is 45.6 Å². The van der Waals surface area contributed by atoms with Gasteiger partial charge in [-0.2, -0.15) is 5.10 Å². The maximum Gasteiger partial charge on any atom is 0.131 e. The zero-order chi connectivity index (χ0) is 26.1. The molecule has 0 amide bonds. The number of unbranched alkanes of at least 4 members (excludes halogenated alkanes) is 1. The Bertz CT molecular complexity index is 1780. The summed E-state index contributed by atoms with van der Waals surface area (Å²) >= 11 is 0. The first-order valence-electron chi connectivity index (χ1n) is 12.7. The summed E-state index contributed by atoms with van der Waals surface area (Å²) in [5.74, 6) is -0.279. The number of rotatable bonds is 8. The molecule has 0 unspecified atom stereocenters. The molecule has 38 heavy (non-hydrogen) atoms. The first-order valence-corrected chi connectivity index (χ1v) is 12.7. The van der Waals surface area contributed by atoms with Gasteiger partial charge in [-0.3, -0.25) is 15.1 Å². The van der Waals surface area contributed by atoms with Gasteiger partial charge in [-0.25, -0.2) is 4.39 Å². The minimum atomic E-state index is -0.279. The van der Waals surface area contributed by atoms with Crippen molar-refractivity contribution < 1.29 is 4.39 Å². The van der Waals surface area contributed by atoms with Crippen LogP contribution in [0.3, 0.4) is 0 Å². The van der Waals surface area contributed by atoms with Crippen molar-refractivity contribution in [1.29, 1.82) is 0 Å². The Morgan fingerprint density at radius 1 is 0.895 bits per heavy atom. The Kier molecular flexibility index (Phi) is 6.17. The lowest BCUT2D eigenvalue weighted by Crippen LogP contribution is -1.98. The lowest BCUT2D eigenvalue weighted by atomic mass is 10.0. The van der Waals surface area contributed by atoms with Crippen LogP contribution in [0.15, 0.2) is 91.7 Å². The van der Waals surface area contributed by atoms with E-state index in [1.165, 1.54) is 6.07 Å². The molecule has 7 heteroatoms. The molecule has 0 bridgehead atoms. The van der Waals surface area contributed by atoms with Crippen molar-refractivity contribution in [3.8, 4) is 33.6 Å². The monoisotopic (exact) mass is 502 g/mol. The molecular weight excluding hydrogens is 475 g/mol. The zero-order valence-corrected chi connectivity index (χ0v) is 21.1. The molecule has 6 aromatic rings. The van der Waals surface area contributed by atoms with Crippen LogP contribution in [0.2, 0.25) is 0 Å². The Balaban J connectivity index is 1.38. The number of hydrogen-bond donors (Lipinski definition) is 3. The second-order valence-corrected chi connectivity index (χ2v) is 9.44. The molecule has 0 aliphatic heterocycles. The molecule has 4 aromatic heterocycles. The number of benzene rings is 2. The van der Waals surface area contributed by atoms with Gasteiger partial charge in [-0.15, -0.1) is 0 Å². The number of pyridine rings is 2. The first-order chi connectivity index (χ1) is 18.6. The highest BCUT2D eigenvalue weighted by molar-refractivity contribution is 6.01. The predicted molar refractivity (Wildman–Crippen MR) is 152 cm³/mol. The van der Waals surface area contributed by atoms with Gasteiger partial charge in [0.15, 0.2) is 0 Å². The third kappa shape index (κ3) is 4.43. The number of halogens is 1. The number of H-pyrrole nitrogens is 2. The summed E-state index contributed by atoms with van der Waals surface area (Å²) in [7, 11) is 0. The van der Waals surface area contributed by atoms with Crippen molar-refractivity contribution in [2.24, 2.45) is 0 Å². The van der Waals surface area contributed by atoms with E-state index >= 15 is 0 Å². The number of fused-ring (bicyclic) bond motifs is 2. The topological polar surface area (TPSA) is 82.3 Å². The van der Waals surface area contributed by atoms with E-state index in [0.29, 0.717) is 5.56 Å². The average Bonchev–Trinajstić information content (AvgIpc) is 3.56. The third-order valence-corrected chi connectivity index (χ3v) is 6.75. The summed E-state index contributed by atoms with van der Waals surface area (Å²) in [6.07, 6.45) is 10.3. The van der Waals surface area contributed by atoms with Crippen LogP contribution in [0, 0.1) is 5.82 Å². The van der Waals surface area contributed by atoms with E-state index in [1.54, 1.807) is 24.5 Å². The van der Waals surface area contributed by atoms with Gasteiger partial charge in [0.2, 0.25) is 0 Å². The highest BCUT2D eigenvalue weighted by Gasteiger charge is 2.16. The number of nitrogens with one attached hydrogen (secondary N) is 3. The fourth-order valence-corrected chi connectivity index (χ4v) is 4.79. The number of aromatic amines is 2. The van der Waals surface area contributed by atoms with Crippen LogP contribution in [-0.4, -0.2) is 25.1 Å². The Morgan fingerprint density at radius 3 is 2.63 bits per heavy atom. The van der Waals surface area contributed by atoms with E-state index in [0.717, 1.165) is 80.5 Å². The molecule has 2 aromatic carbocycles. The van der Waals surface area contributed by atoms with Crippen molar-refractivity contribution in [2.45, 2.75) is 26.2 Å². The second-order valence-electron chi connectivity index (χ2n) is 9.44. The number of anilines is 1. The van der Waals surface area contributed by atoms with Crippen LogP contribution >= 0.6 is 0 Å². The van der Waals surface area contributed by atoms with Gasteiger partial charge in [0.25, 0.3) is 0 Å². The van der Waals surface area contributed by atoms with Crippen LogP contribution < -0.4 is 5.32 Å². The Morgan fingerprint density at radius 2 is 1.76 bits per heavy atom. The number of hydrogen-bond acceptors (Lipinski definition) is 4. The van der Waals surface area contributed by atoms with Gasteiger partial charge < -0.3 is 10.3 Å². The molecule has 6 nitrogen and oxygen atoms in total. The molecule has 0 aliphatic rings. The Labute approximate surface area is 219 Å². The van der Waals surface area contributed by atoms with E-state index < -0.39 is 0 Å². The van der Waals surface area contributed by atoms with Crippen molar-refractivity contribution in [1.82, 2.24) is 25.1 Å². The predicted octanol–water partition coefficient (Wildman–Crippen LogP) is 8.09. The van der Waals surface area contributed by atoms with E-state index in [-0.39, 0.29) is 5.82 Å². The molecule has 0 saturated heterocycles. The highest BCUT2D eigenvalue weighted by atomic mass is 19.1. The van der Waals surface area contributed by atoms with E-state index in [9.17, 15) is 4.39 Å². The molecule has 0 atom stereocenters. The first kappa shape index (κ1) is 23.6. The molecule has 0 saturated carbocycles. The maximum absolute atomic E-state index is 14.6. The van der Waals surface area contributed by atoms with E-state index in [1.807, 2.05) is 30.6 Å². The third-order valence-electron chi connectivity index (χ3n) is 6.75. The molecule has 6 rings (SSSR count). The Hall–Kier alpha value is -4.78. The molecule has 0 aliphatic carbocycles. The number of aromatic nitrogens is 5. The van der Waals surface area contributed by atoms with Crippen LogP contribution in [0.5, 0.6) is 0 Å². The fraction of sp³-hybridized carbons (Fsp3) is 0.129. The lowest BCUT2D eigenvalue weighted by Gasteiger charge is -2.10. The molecule has 0 radical (unpaired) electrons. The molecular formula is C31H27FN6. The standard InChI is InChI=1S/C31H27FN6/c1-3-4-7-19(2)35-22-12-21(15-33-16-22)20-10-11-28-25(13-20)31(38-37-28)29-14-24-26(17-34-18-30(24)36-29)23-8-5-6-9-27(23)32/h5-6,8-18,35-36H,2-4,7H2,1H3,(H,37,38). The molecule has 3 N–H and O–H groups in total. The molecule has 4 heterocycles. The van der Waals surface area contributed by atoms with Crippen LogP contribution in [0.1, 0.15) is 26.2 Å². The summed E-state index contributed by atoms with van der Waals surface area (Å²) in [5, 5.41) is 13.0. The van der Waals surface area contributed by atoms with E-state index in [2.05, 4.69) is 62.2 Å². The van der Waals surface area contributed by atoms with Crippen LogP contribution in [0.4, 0.5) is 10.1 Å². The van der Waals surface area contributed by atoms with E-state index in [4.69, 9.17) is 0 Å². The minimum absolute atomic E-state index is 0.279. The van der Waals surface area contributed by atoms with Gasteiger partial charge in [-0.05, 0) is 48.7 Å². The maximum atomic E-state index is 14.6. The zero-order valence-electron chi connectivity index (χ0n) is 21.1. The van der Waals surface area contributed by atoms with Gasteiger partial charge in [0.05, 0.1) is 34.8 Å². The largest absolute Gasteiger partial charge is 0.358 e. The second kappa shape index (κ2) is 9.94. The molecule has 0 fully saturated rings. The fourth-order valence-electron chi connectivity index (χ4n) is 4.79. The van der Waals surface area contributed by atoms with Crippen molar-refractivity contribution >= 4 is 27.5 Å². The van der Waals surface area contributed by atoms with Crippen molar-refractivity contribution in [3.05, 3.63) is 97.5 Å². The number of nitrogens with zero attached hydrogens (tertiary/aromatic N) is 3. The van der Waals surface area contributed by atoms with Gasteiger partial charge >= 0.3 is 0 Å². The molecule has 188 valence electrons. The summed E-state index contributed by atoms with van der Waals surface area (Å²) in [6.45, 7) is 6.31. The van der Waals surface area contributed by atoms with Crippen LogP contribution in [0.25, 0.3) is 55.4 Å². The summed E-state index contributed by atoms with van der Waals surface area (Å²) < 4.78 is 14.6. The smallest absolute Gasteiger partial charge is 0.131 e. The summed E-state index contributed by atoms with van der Waals surface area (Å²) in [6, 6.07) is 17.0. The van der Waals surface area contributed by atoms with Crippen molar-refractivity contribution in [2.75, 3.05) is 5.32 Å². The average molecular weight is 503 g/mol. The minimum Gasteiger partial charge on any atom is -0.358 e. The SMILES string of the molecule is C=C(CCCC)Nc1cncc(-c2ccc3[nH]nc(-c4cc5c(-c6ccccc6F)cncc5[nH]4)c3c2)c1. The molecule has 0 spiro atoms. The summed E-state index contributed by atoms with van der Waals surface area (Å²) in [5.41, 5.74) is 8.53. The van der Waals surface area contributed by atoms with Crippen molar-refractivity contribution in [3.63, 3.8) is 0 Å². The quantitative estimate of drug-likeness (QED) is 0.196.